The number of aliphatic carboxylic acids is 1. The highest BCUT2D eigenvalue weighted by molar-refractivity contribution is 7.16. The number of nitrogens with one attached hydrogen (secondary N) is 1. The molecule has 3 aromatic rings. The zero-order chi connectivity index (χ0) is 20.3. The van der Waals surface area contributed by atoms with Gasteiger partial charge in [0.15, 0.2) is 0 Å². The summed E-state index contributed by atoms with van der Waals surface area (Å²) in [5.74, 6) is -4.31. The maximum absolute atomic E-state index is 13.7. The molecule has 3 rings (SSSR count). The monoisotopic (exact) mass is 419 g/mol. The van der Waals surface area contributed by atoms with Crippen molar-refractivity contribution in [2.24, 2.45) is 0 Å². The zero-order valence-corrected chi connectivity index (χ0v) is 15.7. The third-order valence-electron chi connectivity index (χ3n) is 3.71. The van der Waals surface area contributed by atoms with Gasteiger partial charge in [-0.2, -0.15) is 0 Å². The van der Waals surface area contributed by atoms with Crippen molar-refractivity contribution in [2.45, 2.75) is 0 Å². The van der Waals surface area contributed by atoms with E-state index in [-0.39, 0.29) is 0 Å². The normalized spacial score (nSPS) is 11.3. The molecule has 0 aliphatic heterocycles. The fourth-order valence-corrected chi connectivity index (χ4v) is 3.68. The molecule has 8 heteroatoms. The molecule has 142 valence electrons. The van der Waals surface area contributed by atoms with Crippen LogP contribution in [0.5, 0.6) is 0 Å². The highest BCUT2D eigenvalue weighted by Crippen LogP contribution is 2.33. The number of benzene rings is 2. The Balaban J connectivity index is 1.87. The van der Waals surface area contributed by atoms with E-state index in [1.54, 1.807) is 24.3 Å². The summed E-state index contributed by atoms with van der Waals surface area (Å²) in [6, 6.07) is 13.1. The summed E-state index contributed by atoms with van der Waals surface area (Å²) in [5.41, 5.74) is -0.110. The second-order valence-electron chi connectivity index (χ2n) is 5.62. The van der Waals surface area contributed by atoms with Crippen LogP contribution in [-0.2, 0) is 4.79 Å². The number of hydrogen-bond donors (Lipinski definition) is 2. The molecule has 0 radical (unpaired) electrons. The van der Waals surface area contributed by atoms with Crippen LogP contribution in [0.15, 0.2) is 60.3 Å². The van der Waals surface area contributed by atoms with Crippen LogP contribution in [0.3, 0.4) is 0 Å². The van der Waals surface area contributed by atoms with Crippen LogP contribution in [0, 0.1) is 11.6 Å². The molecule has 1 amide bonds. The molecule has 0 aliphatic rings. The Morgan fingerprint density at radius 2 is 1.82 bits per heavy atom. The molecule has 0 fully saturated rings. The molecular weight excluding hydrogens is 408 g/mol. The smallest absolute Gasteiger partial charge is 0.352 e. The van der Waals surface area contributed by atoms with Gasteiger partial charge in [-0.25, -0.2) is 13.6 Å². The number of hydrogen-bond acceptors (Lipinski definition) is 3. The van der Waals surface area contributed by atoms with Crippen LogP contribution < -0.4 is 5.32 Å². The standard InChI is InChI=1S/C20H12ClF2NO3S/c21-15-4-2-1-3-13(15)18-8-6-12(28-18)10-17(20(26)27)24-19(25)14-7-5-11(22)9-16(14)23/h1-10H,(H,24,25)(H,26,27). The van der Waals surface area contributed by atoms with E-state index in [4.69, 9.17) is 11.6 Å². The predicted octanol–water partition coefficient (Wildman–Crippen LogP) is 5.20. The Morgan fingerprint density at radius 3 is 2.50 bits per heavy atom. The Labute approximate surface area is 167 Å². The van der Waals surface area contributed by atoms with Crippen molar-refractivity contribution in [3.63, 3.8) is 0 Å². The first-order chi connectivity index (χ1) is 13.3. The van der Waals surface area contributed by atoms with Crippen molar-refractivity contribution >= 4 is 40.9 Å². The number of thiophene rings is 1. The van der Waals surface area contributed by atoms with E-state index < -0.39 is 34.8 Å². The molecule has 0 atom stereocenters. The van der Waals surface area contributed by atoms with Crippen molar-refractivity contribution in [3.05, 3.63) is 87.4 Å². The molecule has 0 bridgehead atoms. The fraction of sp³-hybridized carbons (Fsp3) is 0. The molecular formula is C20H12ClF2NO3S. The summed E-state index contributed by atoms with van der Waals surface area (Å²) in [7, 11) is 0. The predicted molar refractivity (Wildman–Crippen MR) is 104 cm³/mol. The van der Waals surface area contributed by atoms with Crippen molar-refractivity contribution < 1.29 is 23.5 Å². The highest BCUT2D eigenvalue weighted by atomic mass is 35.5. The van der Waals surface area contributed by atoms with Gasteiger partial charge in [0.05, 0.1) is 5.56 Å². The van der Waals surface area contributed by atoms with Crippen molar-refractivity contribution in [3.8, 4) is 10.4 Å². The van der Waals surface area contributed by atoms with Gasteiger partial charge < -0.3 is 10.4 Å². The zero-order valence-electron chi connectivity index (χ0n) is 14.1. The molecule has 2 aromatic carbocycles. The molecule has 1 aromatic heterocycles. The van der Waals surface area contributed by atoms with Gasteiger partial charge >= 0.3 is 5.97 Å². The summed E-state index contributed by atoms with van der Waals surface area (Å²) >= 11 is 7.44. The lowest BCUT2D eigenvalue weighted by molar-refractivity contribution is -0.132. The second-order valence-corrected chi connectivity index (χ2v) is 7.15. The molecule has 0 saturated heterocycles. The largest absolute Gasteiger partial charge is 0.477 e. The lowest BCUT2D eigenvalue weighted by Crippen LogP contribution is -2.27. The highest BCUT2D eigenvalue weighted by Gasteiger charge is 2.17. The van der Waals surface area contributed by atoms with Crippen LogP contribution >= 0.6 is 22.9 Å². The summed E-state index contributed by atoms with van der Waals surface area (Å²) in [4.78, 5) is 25.0. The second kappa shape index (κ2) is 8.33. The Hall–Kier alpha value is -3.03. The minimum atomic E-state index is -1.40. The number of carboxylic acids is 1. The van der Waals surface area contributed by atoms with Crippen molar-refractivity contribution in [2.75, 3.05) is 0 Å². The van der Waals surface area contributed by atoms with Crippen LogP contribution in [0.25, 0.3) is 16.5 Å². The Kier molecular flexibility index (Phi) is 5.87. The number of rotatable bonds is 5. The SMILES string of the molecule is O=C(O)C(=Cc1ccc(-c2ccccc2Cl)s1)NC(=O)c1ccc(F)cc1F. The molecule has 0 spiro atoms. The fourth-order valence-electron chi connectivity index (χ4n) is 2.39. The van der Waals surface area contributed by atoms with Gasteiger partial charge in [-0.3, -0.25) is 4.79 Å². The summed E-state index contributed by atoms with van der Waals surface area (Å²) in [6.45, 7) is 0. The molecule has 1 heterocycles. The minimum absolute atomic E-state index is 0.443. The van der Waals surface area contributed by atoms with E-state index in [0.717, 1.165) is 22.6 Å². The van der Waals surface area contributed by atoms with E-state index in [1.807, 2.05) is 12.1 Å². The molecule has 0 aliphatic carbocycles. The molecule has 0 unspecified atom stereocenters. The average molecular weight is 420 g/mol. The number of amides is 1. The third-order valence-corrected chi connectivity index (χ3v) is 5.10. The molecule has 4 nitrogen and oxygen atoms in total. The van der Waals surface area contributed by atoms with E-state index in [2.05, 4.69) is 5.32 Å². The maximum atomic E-state index is 13.7. The summed E-state index contributed by atoms with van der Waals surface area (Å²) in [6.07, 6.45) is 1.26. The van der Waals surface area contributed by atoms with Gasteiger partial charge in [0.25, 0.3) is 5.91 Å². The first-order valence-corrected chi connectivity index (χ1v) is 9.10. The number of carbonyl (C=O) groups excluding carboxylic acids is 1. The number of halogens is 3. The first-order valence-electron chi connectivity index (χ1n) is 7.91. The van der Waals surface area contributed by atoms with Gasteiger partial charge in [0, 0.05) is 26.4 Å². The van der Waals surface area contributed by atoms with E-state index in [0.29, 0.717) is 16.0 Å². The molecule has 0 saturated carbocycles. The topological polar surface area (TPSA) is 66.4 Å². The molecule has 2 N–H and O–H groups in total. The van der Waals surface area contributed by atoms with Crippen LogP contribution in [0.1, 0.15) is 15.2 Å². The first kappa shape index (κ1) is 19.7. The van der Waals surface area contributed by atoms with Gasteiger partial charge in [0.1, 0.15) is 17.3 Å². The van der Waals surface area contributed by atoms with Crippen LogP contribution in [0.2, 0.25) is 5.02 Å². The Morgan fingerprint density at radius 1 is 1.07 bits per heavy atom. The average Bonchev–Trinajstić information content (AvgIpc) is 3.09. The van der Waals surface area contributed by atoms with Gasteiger partial charge in [0.2, 0.25) is 0 Å². The Bertz CT molecular complexity index is 1090. The number of carbonyl (C=O) groups is 2. The van der Waals surface area contributed by atoms with Gasteiger partial charge in [-0.15, -0.1) is 11.3 Å². The van der Waals surface area contributed by atoms with Crippen molar-refractivity contribution in [1.29, 1.82) is 0 Å². The molecule has 28 heavy (non-hydrogen) atoms. The summed E-state index contributed by atoms with van der Waals surface area (Å²) in [5, 5.41) is 12.1. The van der Waals surface area contributed by atoms with Crippen LogP contribution in [-0.4, -0.2) is 17.0 Å². The van der Waals surface area contributed by atoms with Crippen molar-refractivity contribution in [1.82, 2.24) is 5.32 Å². The van der Waals surface area contributed by atoms with Gasteiger partial charge in [-0.1, -0.05) is 29.8 Å². The van der Waals surface area contributed by atoms with Gasteiger partial charge in [-0.05, 0) is 36.4 Å². The van der Waals surface area contributed by atoms with Crippen LogP contribution in [0.4, 0.5) is 8.78 Å². The van der Waals surface area contributed by atoms with E-state index >= 15 is 0 Å². The quantitative estimate of drug-likeness (QED) is 0.558. The lowest BCUT2D eigenvalue weighted by Gasteiger charge is -2.06. The third kappa shape index (κ3) is 4.44. The van der Waals surface area contributed by atoms with E-state index in [9.17, 15) is 23.5 Å². The summed E-state index contributed by atoms with van der Waals surface area (Å²) < 4.78 is 26.7. The van der Waals surface area contributed by atoms with E-state index in [1.165, 1.54) is 17.4 Å². The maximum Gasteiger partial charge on any atom is 0.352 e. The number of carboxylic acid groups (broad SMARTS) is 1. The minimum Gasteiger partial charge on any atom is -0.477 e. The lowest BCUT2D eigenvalue weighted by atomic mass is 10.2.